The molecule has 0 radical (unpaired) electrons. The number of carbonyl (C=O) groups is 2. The second-order valence-electron chi connectivity index (χ2n) is 9.01. The number of aromatic nitrogens is 1. The summed E-state index contributed by atoms with van der Waals surface area (Å²) in [6, 6.07) is 24.3. The number of amides is 2. The lowest BCUT2D eigenvalue weighted by Crippen LogP contribution is -2.43. The van der Waals surface area contributed by atoms with Crippen LogP contribution in [-0.2, 0) is 29.2 Å². The number of rotatable bonds is 12. The second kappa shape index (κ2) is 12.6. The molecule has 1 heterocycles. The third kappa shape index (κ3) is 7.48. The van der Waals surface area contributed by atoms with Crippen molar-refractivity contribution in [2.24, 2.45) is 5.92 Å². The lowest BCUT2D eigenvalue weighted by Gasteiger charge is -2.28. The zero-order valence-corrected chi connectivity index (χ0v) is 20.3. The van der Waals surface area contributed by atoms with E-state index in [9.17, 15) is 9.59 Å². The molecule has 34 heavy (non-hydrogen) atoms. The van der Waals surface area contributed by atoms with Crippen molar-refractivity contribution in [2.75, 3.05) is 13.1 Å². The summed E-state index contributed by atoms with van der Waals surface area (Å²) in [6.45, 7) is 9.89. The van der Waals surface area contributed by atoms with Gasteiger partial charge in [-0.2, -0.15) is 0 Å². The molecule has 178 valence electrons. The Morgan fingerprint density at radius 2 is 1.50 bits per heavy atom. The van der Waals surface area contributed by atoms with E-state index in [0.717, 1.165) is 17.8 Å². The Labute approximate surface area is 203 Å². The summed E-state index contributed by atoms with van der Waals surface area (Å²) < 4.78 is 2.17. The Balaban J connectivity index is 1.80. The van der Waals surface area contributed by atoms with E-state index in [0.29, 0.717) is 26.1 Å². The molecule has 0 aliphatic heterocycles. The Morgan fingerprint density at radius 1 is 0.853 bits per heavy atom. The van der Waals surface area contributed by atoms with Crippen LogP contribution in [0.15, 0.2) is 91.6 Å². The molecule has 0 N–H and O–H groups in total. The number of benzene rings is 2. The zero-order valence-electron chi connectivity index (χ0n) is 20.3. The molecule has 3 rings (SSSR count). The van der Waals surface area contributed by atoms with E-state index in [1.807, 2.05) is 79.5 Å². The minimum atomic E-state index is -0.0738. The first-order valence-electron chi connectivity index (χ1n) is 11.8. The van der Waals surface area contributed by atoms with Crippen molar-refractivity contribution >= 4 is 11.8 Å². The Hall–Kier alpha value is -3.60. The number of hydrogen-bond acceptors (Lipinski definition) is 2. The van der Waals surface area contributed by atoms with Crippen molar-refractivity contribution in [1.82, 2.24) is 14.4 Å². The number of hydrogen-bond donors (Lipinski definition) is 0. The molecule has 5 nitrogen and oxygen atoms in total. The lowest BCUT2D eigenvalue weighted by molar-refractivity contribution is -0.141. The molecule has 0 aliphatic rings. The maximum atomic E-state index is 13.5. The van der Waals surface area contributed by atoms with E-state index in [-0.39, 0.29) is 24.3 Å². The first-order valence-corrected chi connectivity index (χ1v) is 11.8. The minimum absolute atomic E-state index is 0.0182. The topological polar surface area (TPSA) is 45.6 Å². The molecule has 0 saturated heterocycles. The first kappa shape index (κ1) is 25.0. The highest BCUT2D eigenvalue weighted by Gasteiger charge is 2.22. The normalized spacial score (nSPS) is 10.8. The molecular weight excluding hydrogens is 422 g/mol. The Kier molecular flexibility index (Phi) is 9.27. The van der Waals surface area contributed by atoms with Crippen LogP contribution in [0.5, 0.6) is 0 Å². The summed E-state index contributed by atoms with van der Waals surface area (Å²) in [4.78, 5) is 29.7. The van der Waals surface area contributed by atoms with Gasteiger partial charge in [-0.15, -0.1) is 6.58 Å². The number of nitrogens with zero attached hydrogens (tertiary/aromatic N) is 3. The van der Waals surface area contributed by atoms with Gasteiger partial charge in [-0.3, -0.25) is 9.59 Å². The van der Waals surface area contributed by atoms with E-state index in [4.69, 9.17) is 0 Å². The van der Waals surface area contributed by atoms with Crippen LogP contribution >= 0.6 is 0 Å². The van der Waals surface area contributed by atoms with Gasteiger partial charge in [0, 0.05) is 37.9 Å². The van der Waals surface area contributed by atoms with Gasteiger partial charge in [0.25, 0.3) is 0 Å². The number of carbonyl (C=O) groups excluding carboxylic acids is 2. The smallest absolute Gasteiger partial charge is 0.242 e. The van der Waals surface area contributed by atoms with Crippen LogP contribution in [0, 0.1) is 5.92 Å². The van der Waals surface area contributed by atoms with Gasteiger partial charge in [-0.05, 0) is 29.2 Å². The molecule has 2 aromatic carbocycles. The van der Waals surface area contributed by atoms with E-state index in [1.165, 1.54) is 5.56 Å². The SMILES string of the molecule is C=CCN(CC(=O)N(Cc1ccccc1)Cc1cccn1Cc1ccccc1)C(=O)CC(C)C. The van der Waals surface area contributed by atoms with E-state index in [2.05, 4.69) is 29.3 Å². The van der Waals surface area contributed by atoms with Gasteiger partial charge in [0.05, 0.1) is 6.54 Å². The molecule has 0 spiro atoms. The minimum Gasteiger partial charge on any atom is -0.345 e. The van der Waals surface area contributed by atoms with Crippen molar-refractivity contribution in [3.05, 3.63) is 108 Å². The van der Waals surface area contributed by atoms with Crippen LogP contribution in [0.25, 0.3) is 0 Å². The molecule has 0 atom stereocenters. The summed E-state index contributed by atoms with van der Waals surface area (Å²) in [6.07, 6.45) is 4.14. The van der Waals surface area contributed by atoms with Crippen LogP contribution in [0.4, 0.5) is 0 Å². The fraction of sp³-hybridized carbons (Fsp3) is 0.310. The quantitative estimate of drug-likeness (QED) is 0.354. The van der Waals surface area contributed by atoms with Crippen LogP contribution in [0.2, 0.25) is 0 Å². The molecule has 0 aliphatic carbocycles. The van der Waals surface area contributed by atoms with E-state index >= 15 is 0 Å². The van der Waals surface area contributed by atoms with Gasteiger partial charge < -0.3 is 14.4 Å². The van der Waals surface area contributed by atoms with Crippen LogP contribution in [-0.4, -0.2) is 39.3 Å². The monoisotopic (exact) mass is 457 g/mol. The summed E-state index contributed by atoms with van der Waals surface area (Å²) in [5.74, 6) is 0.141. The van der Waals surface area contributed by atoms with Gasteiger partial charge in [0.15, 0.2) is 0 Å². The molecule has 3 aromatic rings. The maximum absolute atomic E-state index is 13.5. The average Bonchev–Trinajstić information content (AvgIpc) is 3.25. The fourth-order valence-corrected chi connectivity index (χ4v) is 3.91. The van der Waals surface area contributed by atoms with E-state index in [1.54, 1.807) is 11.0 Å². The highest BCUT2D eigenvalue weighted by molar-refractivity contribution is 5.85. The van der Waals surface area contributed by atoms with E-state index < -0.39 is 0 Å². The van der Waals surface area contributed by atoms with Crippen LogP contribution < -0.4 is 0 Å². The zero-order chi connectivity index (χ0) is 24.3. The predicted octanol–water partition coefficient (Wildman–Crippen LogP) is 5.13. The Bertz CT molecular complexity index is 1060. The van der Waals surface area contributed by atoms with Crippen molar-refractivity contribution in [3.63, 3.8) is 0 Å². The highest BCUT2D eigenvalue weighted by atomic mass is 16.2. The standard InChI is InChI=1S/C29H35N3O2/c1-4-17-31(28(33)19-24(2)3)23-29(34)32(21-26-14-9-6-10-15-26)22-27-16-11-18-30(27)20-25-12-7-5-8-13-25/h4-16,18,24H,1,17,19-23H2,2-3H3. The van der Waals surface area contributed by atoms with Crippen molar-refractivity contribution in [1.29, 1.82) is 0 Å². The predicted molar refractivity (Wildman–Crippen MR) is 137 cm³/mol. The molecule has 5 heteroatoms. The van der Waals surface area contributed by atoms with Gasteiger partial charge in [-0.25, -0.2) is 0 Å². The highest BCUT2D eigenvalue weighted by Crippen LogP contribution is 2.15. The molecule has 0 fully saturated rings. The summed E-state index contributed by atoms with van der Waals surface area (Å²) in [5.41, 5.74) is 3.31. The lowest BCUT2D eigenvalue weighted by atomic mass is 10.1. The second-order valence-corrected chi connectivity index (χ2v) is 9.01. The Morgan fingerprint density at radius 3 is 2.12 bits per heavy atom. The third-order valence-electron chi connectivity index (χ3n) is 5.65. The van der Waals surface area contributed by atoms with Crippen LogP contribution in [0.1, 0.15) is 37.1 Å². The largest absolute Gasteiger partial charge is 0.345 e. The van der Waals surface area contributed by atoms with Crippen molar-refractivity contribution in [2.45, 2.75) is 39.9 Å². The molecule has 0 unspecified atom stereocenters. The summed E-state index contributed by atoms with van der Waals surface area (Å²) in [7, 11) is 0. The van der Waals surface area contributed by atoms with Gasteiger partial charge in [0.1, 0.15) is 6.54 Å². The molecule has 0 saturated carbocycles. The summed E-state index contributed by atoms with van der Waals surface area (Å²) >= 11 is 0. The third-order valence-corrected chi connectivity index (χ3v) is 5.65. The first-order chi connectivity index (χ1) is 16.5. The van der Waals surface area contributed by atoms with Gasteiger partial charge in [0.2, 0.25) is 11.8 Å². The van der Waals surface area contributed by atoms with Crippen molar-refractivity contribution < 1.29 is 9.59 Å². The molecular formula is C29H35N3O2. The van der Waals surface area contributed by atoms with Crippen LogP contribution in [0.3, 0.4) is 0 Å². The maximum Gasteiger partial charge on any atom is 0.242 e. The van der Waals surface area contributed by atoms with Gasteiger partial charge >= 0.3 is 0 Å². The van der Waals surface area contributed by atoms with Gasteiger partial charge in [-0.1, -0.05) is 80.6 Å². The van der Waals surface area contributed by atoms with Crippen molar-refractivity contribution in [3.8, 4) is 0 Å². The molecule has 0 bridgehead atoms. The summed E-state index contributed by atoms with van der Waals surface area (Å²) in [5, 5.41) is 0. The molecule has 2 amide bonds. The molecule has 1 aromatic heterocycles. The average molecular weight is 458 g/mol. The fourth-order valence-electron chi connectivity index (χ4n) is 3.91.